The quantitative estimate of drug-likeness (QED) is 0.615. The standard InChI is InChI=1S/C14H20N2O4/c1-20-13-5-4-12(16(18)19)8-11(13)9-15-14(10-17)6-2-3-7-14/h4-5,8,15,17H,2-3,6-7,9-10H2,1H3. The Morgan fingerprint density at radius 3 is 2.70 bits per heavy atom. The largest absolute Gasteiger partial charge is 0.496 e. The van der Waals surface area contributed by atoms with Gasteiger partial charge in [-0.15, -0.1) is 0 Å². The molecule has 0 unspecified atom stereocenters. The molecular weight excluding hydrogens is 260 g/mol. The molecule has 2 N–H and O–H groups in total. The maximum atomic E-state index is 10.8. The minimum absolute atomic E-state index is 0.0482. The Hall–Kier alpha value is -1.66. The first-order valence-corrected chi connectivity index (χ1v) is 6.77. The van der Waals surface area contributed by atoms with E-state index in [9.17, 15) is 15.2 Å². The van der Waals surface area contributed by atoms with E-state index in [1.165, 1.54) is 12.1 Å². The van der Waals surface area contributed by atoms with Crippen LogP contribution >= 0.6 is 0 Å². The molecule has 20 heavy (non-hydrogen) atoms. The van der Waals surface area contributed by atoms with E-state index in [-0.39, 0.29) is 17.8 Å². The van der Waals surface area contributed by atoms with Crippen LogP contribution in [0, 0.1) is 10.1 Å². The second-order valence-electron chi connectivity index (χ2n) is 5.25. The van der Waals surface area contributed by atoms with Crippen LogP contribution in [0.3, 0.4) is 0 Å². The predicted octanol–water partition coefficient (Wildman–Crippen LogP) is 2.00. The summed E-state index contributed by atoms with van der Waals surface area (Å²) in [6.45, 7) is 0.537. The third-order valence-electron chi connectivity index (χ3n) is 3.99. The van der Waals surface area contributed by atoms with Gasteiger partial charge in [0.1, 0.15) is 5.75 Å². The van der Waals surface area contributed by atoms with E-state index in [2.05, 4.69) is 5.32 Å². The van der Waals surface area contributed by atoms with E-state index in [1.54, 1.807) is 13.2 Å². The van der Waals surface area contributed by atoms with Gasteiger partial charge in [0.05, 0.1) is 18.6 Å². The molecule has 1 aliphatic rings. The number of nitrogens with one attached hydrogen (secondary N) is 1. The van der Waals surface area contributed by atoms with E-state index in [1.807, 2.05) is 0 Å². The number of non-ortho nitro benzene ring substituents is 1. The molecule has 0 radical (unpaired) electrons. The molecule has 110 valence electrons. The van der Waals surface area contributed by atoms with Crippen molar-refractivity contribution in [3.8, 4) is 5.75 Å². The van der Waals surface area contributed by atoms with Crippen molar-refractivity contribution in [1.29, 1.82) is 0 Å². The third kappa shape index (κ3) is 3.08. The summed E-state index contributed by atoms with van der Waals surface area (Å²) >= 11 is 0. The lowest BCUT2D eigenvalue weighted by molar-refractivity contribution is -0.384. The van der Waals surface area contributed by atoms with Gasteiger partial charge < -0.3 is 15.2 Å². The van der Waals surface area contributed by atoms with Gasteiger partial charge in [-0.1, -0.05) is 12.8 Å². The molecular formula is C14H20N2O4. The summed E-state index contributed by atoms with van der Waals surface area (Å²) in [6, 6.07) is 4.56. The molecule has 0 atom stereocenters. The lowest BCUT2D eigenvalue weighted by atomic mass is 9.98. The third-order valence-corrected chi connectivity index (χ3v) is 3.99. The highest BCUT2D eigenvalue weighted by Crippen LogP contribution is 2.31. The molecule has 1 aromatic rings. The molecule has 0 saturated heterocycles. The number of rotatable bonds is 6. The van der Waals surface area contributed by atoms with E-state index >= 15 is 0 Å². The highest BCUT2D eigenvalue weighted by atomic mass is 16.6. The average molecular weight is 280 g/mol. The van der Waals surface area contributed by atoms with Crippen LogP contribution in [-0.4, -0.2) is 29.3 Å². The second kappa shape index (κ2) is 6.19. The predicted molar refractivity (Wildman–Crippen MR) is 74.8 cm³/mol. The maximum absolute atomic E-state index is 10.8. The molecule has 2 rings (SSSR count). The summed E-state index contributed by atoms with van der Waals surface area (Å²) in [7, 11) is 1.54. The zero-order chi connectivity index (χ0) is 14.6. The number of nitrogens with zero attached hydrogens (tertiary/aromatic N) is 1. The Kier molecular flexibility index (Phi) is 4.57. The number of aliphatic hydroxyl groups is 1. The summed E-state index contributed by atoms with van der Waals surface area (Å²) in [6.07, 6.45) is 4.06. The first-order valence-electron chi connectivity index (χ1n) is 6.77. The van der Waals surface area contributed by atoms with Crippen molar-refractivity contribution in [2.24, 2.45) is 0 Å². The first-order chi connectivity index (χ1) is 9.60. The molecule has 0 heterocycles. The fourth-order valence-electron chi connectivity index (χ4n) is 2.74. The Labute approximate surface area is 117 Å². The summed E-state index contributed by atoms with van der Waals surface area (Å²) < 4.78 is 5.24. The van der Waals surface area contributed by atoms with Crippen LogP contribution in [0.4, 0.5) is 5.69 Å². The van der Waals surface area contributed by atoms with Crippen LogP contribution in [0.2, 0.25) is 0 Å². The maximum Gasteiger partial charge on any atom is 0.270 e. The number of aliphatic hydroxyl groups excluding tert-OH is 1. The van der Waals surface area contributed by atoms with E-state index < -0.39 is 4.92 Å². The minimum Gasteiger partial charge on any atom is -0.496 e. The average Bonchev–Trinajstić information content (AvgIpc) is 2.94. The van der Waals surface area contributed by atoms with Crippen LogP contribution in [-0.2, 0) is 6.54 Å². The molecule has 0 aliphatic heterocycles. The Morgan fingerprint density at radius 2 is 2.15 bits per heavy atom. The molecule has 0 spiro atoms. The first kappa shape index (κ1) is 14.7. The van der Waals surface area contributed by atoms with Gasteiger partial charge in [0.25, 0.3) is 5.69 Å². The fourth-order valence-corrected chi connectivity index (χ4v) is 2.74. The van der Waals surface area contributed by atoms with Gasteiger partial charge in [-0.05, 0) is 18.9 Å². The van der Waals surface area contributed by atoms with Gasteiger partial charge in [0.2, 0.25) is 0 Å². The molecule has 6 heteroatoms. The highest BCUT2D eigenvalue weighted by molar-refractivity contribution is 5.43. The number of ether oxygens (including phenoxy) is 1. The lowest BCUT2D eigenvalue weighted by Crippen LogP contribution is -2.45. The van der Waals surface area contributed by atoms with Gasteiger partial charge in [-0.25, -0.2) is 0 Å². The molecule has 0 amide bonds. The summed E-state index contributed by atoms with van der Waals surface area (Å²) in [5.74, 6) is 0.620. The van der Waals surface area contributed by atoms with Gasteiger partial charge in [-0.3, -0.25) is 10.1 Å². The molecule has 1 aliphatic carbocycles. The van der Waals surface area contributed by atoms with Crippen molar-refractivity contribution in [2.75, 3.05) is 13.7 Å². The zero-order valence-corrected chi connectivity index (χ0v) is 11.6. The lowest BCUT2D eigenvalue weighted by Gasteiger charge is -2.28. The number of nitro benzene ring substituents is 1. The fraction of sp³-hybridized carbons (Fsp3) is 0.571. The number of methoxy groups -OCH3 is 1. The second-order valence-corrected chi connectivity index (χ2v) is 5.25. The van der Waals surface area contributed by atoms with Crippen LogP contribution in [0.5, 0.6) is 5.75 Å². The van der Waals surface area contributed by atoms with Crippen LogP contribution in [0.1, 0.15) is 31.2 Å². The molecule has 6 nitrogen and oxygen atoms in total. The van der Waals surface area contributed by atoms with Crippen molar-refractivity contribution >= 4 is 5.69 Å². The van der Waals surface area contributed by atoms with E-state index in [0.717, 1.165) is 31.2 Å². The van der Waals surface area contributed by atoms with Gasteiger partial charge in [-0.2, -0.15) is 0 Å². The Balaban J connectivity index is 2.14. The van der Waals surface area contributed by atoms with Crippen molar-refractivity contribution in [1.82, 2.24) is 5.32 Å². The topological polar surface area (TPSA) is 84.6 Å². The van der Waals surface area contributed by atoms with Crippen LogP contribution in [0.15, 0.2) is 18.2 Å². The molecule has 1 aromatic carbocycles. The smallest absolute Gasteiger partial charge is 0.270 e. The summed E-state index contributed by atoms with van der Waals surface area (Å²) in [5.41, 5.74) is 0.531. The van der Waals surface area contributed by atoms with Crippen molar-refractivity contribution in [2.45, 2.75) is 37.8 Å². The van der Waals surface area contributed by atoms with Crippen molar-refractivity contribution < 1.29 is 14.8 Å². The molecule has 0 aromatic heterocycles. The molecule has 0 bridgehead atoms. The van der Waals surface area contributed by atoms with Gasteiger partial charge in [0, 0.05) is 29.8 Å². The number of hydrogen-bond acceptors (Lipinski definition) is 5. The Bertz CT molecular complexity index is 484. The van der Waals surface area contributed by atoms with Crippen molar-refractivity contribution in [3.63, 3.8) is 0 Å². The van der Waals surface area contributed by atoms with Crippen LogP contribution in [0.25, 0.3) is 0 Å². The highest BCUT2D eigenvalue weighted by Gasteiger charge is 2.32. The van der Waals surface area contributed by atoms with E-state index in [4.69, 9.17) is 4.74 Å². The van der Waals surface area contributed by atoms with Gasteiger partial charge in [0.15, 0.2) is 0 Å². The SMILES string of the molecule is COc1ccc([N+](=O)[O-])cc1CNC1(CO)CCCC1. The van der Waals surface area contributed by atoms with Crippen LogP contribution < -0.4 is 10.1 Å². The summed E-state index contributed by atoms with van der Waals surface area (Å²) in [4.78, 5) is 10.4. The molecule has 1 fully saturated rings. The Morgan fingerprint density at radius 1 is 1.45 bits per heavy atom. The van der Waals surface area contributed by atoms with Gasteiger partial charge >= 0.3 is 0 Å². The monoisotopic (exact) mass is 280 g/mol. The number of hydrogen-bond donors (Lipinski definition) is 2. The minimum atomic E-state index is -0.416. The zero-order valence-electron chi connectivity index (χ0n) is 11.6. The number of benzene rings is 1. The normalized spacial score (nSPS) is 17.1. The van der Waals surface area contributed by atoms with Crippen molar-refractivity contribution in [3.05, 3.63) is 33.9 Å². The summed E-state index contributed by atoms with van der Waals surface area (Å²) in [5, 5.41) is 23.7. The van der Waals surface area contributed by atoms with E-state index in [0.29, 0.717) is 12.3 Å². The number of nitro groups is 1. The molecule has 1 saturated carbocycles.